The molecule has 0 atom stereocenters. The molecule has 7 heteroatoms. The number of nitrogens with zero attached hydrogens (tertiary/aromatic N) is 1. The monoisotopic (exact) mass is 334 g/mol. The van der Waals surface area contributed by atoms with Gasteiger partial charge in [-0.05, 0) is 43.7 Å². The smallest absolute Gasteiger partial charge is 0.272 e. The molecule has 0 saturated carbocycles. The van der Waals surface area contributed by atoms with Crippen LogP contribution in [-0.4, -0.2) is 17.4 Å². The number of benzene rings is 2. The number of carbonyl (C=O) groups is 1. The van der Waals surface area contributed by atoms with Crippen LogP contribution in [0.3, 0.4) is 0 Å². The fourth-order valence-electron chi connectivity index (χ4n) is 2.00. The molecule has 0 saturated heterocycles. The van der Waals surface area contributed by atoms with Crippen molar-refractivity contribution in [3.8, 4) is 5.75 Å². The zero-order valence-electron chi connectivity index (χ0n) is 12.6. The van der Waals surface area contributed by atoms with E-state index in [2.05, 4.69) is 5.32 Å². The Hall–Kier alpha value is -2.60. The maximum atomic E-state index is 11.9. The lowest BCUT2D eigenvalue weighted by molar-refractivity contribution is -0.385. The molecule has 6 nitrogen and oxygen atoms in total. The molecule has 0 aliphatic carbocycles. The van der Waals surface area contributed by atoms with Gasteiger partial charge in [0.25, 0.3) is 11.6 Å². The Morgan fingerprint density at radius 1 is 1.30 bits per heavy atom. The number of carbonyl (C=O) groups excluding carboxylic acids is 1. The first-order chi connectivity index (χ1) is 10.9. The number of nitrogens with one attached hydrogen (secondary N) is 1. The Morgan fingerprint density at radius 3 is 2.70 bits per heavy atom. The van der Waals surface area contributed by atoms with Gasteiger partial charge >= 0.3 is 0 Å². The van der Waals surface area contributed by atoms with Crippen molar-refractivity contribution >= 4 is 28.9 Å². The van der Waals surface area contributed by atoms with Crippen LogP contribution in [0.2, 0.25) is 5.02 Å². The number of aryl methyl sites for hydroxylation is 1. The maximum Gasteiger partial charge on any atom is 0.272 e. The summed E-state index contributed by atoms with van der Waals surface area (Å²) < 4.78 is 5.36. The van der Waals surface area contributed by atoms with E-state index in [1.807, 2.05) is 0 Å². The van der Waals surface area contributed by atoms with Gasteiger partial charge in [-0.15, -0.1) is 0 Å². The standard InChI is InChI=1S/C16H15ClN2O4/c1-10-8-12(6-7-15(10)19(21)22)23-9-16(20)18-14-5-3-4-13(17)11(14)2/h3-8H,9H2,1-2H3,(H,18,20). The zero-order valence-corrected chi connectivity index (χ0v) is 13.4. The van der Waals surface area contributed by atoms with Gasteiger partial charge in [0.05, 0.1) is 4.92 Å². The minimum atomic E-state index is -0.465. The number of hydrogen-bond donors (Lipinski definition) is 1. The van der Waals surface area contributed by atoms with Crippen molar-refractivity contribution in [3.05, 3.63) is 62.7 Å². The van der Waals surface area contributed by atoms with Crippen LogP contribution < -0.4 is 10.1 Å². The summed E-state index contributed by atoms with van der Waals surface area (Å²) in [5.74, 6) is 0.0532. The fraction of sp³-hybridized carbons (Fsp3) is 0.188. The van der Waals surface area contributed by atoms with Gasteiger partial charge in [-0.3, -0.25) is 14.9 Å². The normalized spacial score (nSPS) is 10.2. The Kier molecular flexibility index (Phi) is 5.18. The summed E-state index contributed by atoms with van der Waals surface area (Å²) >= 11 is 5.99. The van der Waals surface area contributed by atoms with Crippen LogP contribution >= 0.6 is 11.6 Å². The summed E-state index contributed by atoms with van der Waals surface area (Å²) in [6.07, 6.45) is 0. The van der Waals surface area contributed by atoms with Crippen LogP contribution in [0.25, 0.3) is 0 Å². The predicted octanol–water partition coefficient (Wildman–Crippen LogP) is 3.88. The van der Waals surface area contributed by atoms with E-state index in [1.165, 1.54) is 18.2 Å². The summed E-state index contributed by atoms with van der Waals surface area (Å²) in [4.78, 5) is 22.2. The summed E-state index contributed by atoms with van der Waals surface area (Å²) in [5, 5.41) is 14.0. The van der Waals surface area contributed by atoms with Crippen molar-refractivity contribution in [1.82, 2.24) is 0 Å². The molecular weight excluding hydrogens is 320 g/mol. The second-order valence-corrected chi connectivity index (χ2v) is 5.36. The van der Waals surface area contributed by atoms with Gasteiger partial charge in [0.15, 0.2) is 6.61 Å². The Morgan fingerprint density at radius 2 is 2.04 bits per heavy atom. The van der Waals surface area contributed by atoms with Gasteiger partial charge in [0, 0.05) is 22.3 Å². The molecule has 0 fully saturated rings. The lowest BCUT2D eigenvalue weighted by Gasteiger charge is -2.10. The Bertz CT molecular complexity index is 762. The molecule has 0 heterocycles. The van der Waals surface area contributed by atoms with Crippen LogP contribution in [0.5, 0.6) is 5.75 Å². The van der Waals surface area contributed by atoms with Crippen molar-refractivity contribution in [1.29, 1.82) is 0 Å². The third-order valence-electron chi connectivity index (χ3n) is 3.28. The minimum Gasteiger partial charge on any atom is -0.484 e. The van der Waals surface area contributed by atoms with Crippen molar-refractivity contribution < 1.29 is 14.5 Å². The molecule has 120 valence electrons. The average molecular weight is 335 g/mol. The summed E-state index contributed by atoms with van der Waals surface area (Å²) in [5.41, 5.74) is 1.87. The molecule has 2 rings (SSSR count). The van der Waals surface area contributed by atoms with Crippen molar-refractivity contribution in [2.75, 3.05) is 11.9 Å². The third-order valence-corrected chi connectivity index (χ3v) is 3.69. The Labute approximate surface area is 138 Å². The number of hydrogen-bond acceptors (Lipinski definition) is 4. The topological polar surface area (TPSA) is 81.5 Å². The van der Waals surface area contributed by atoms with E-state index in [-0.39, 0.29) is 18.2 Å². The Balaban J connectivity index is 1.98. The number of rotatable bonds is 5. The first-order valence-electron chi connectivity index (χ1n) is 6.81. The van der Waals surface area contributed by atoms with Gasteiger partial charge in [-0.2, -0.15) is 0 Å². The molecule has 1 N–H and O–H groups in total. The van der Waals surface area contributed by atoms with Crippen LogP contribution in [-0.2, 0) is 4.79 Å². The highest BCUT2D eigenvalue weighted by atomic mass is 35.5. The lowest BCUT2D eigenvalue weighted by Crippen LogP contribution is -2.20. The van der Waals surface area contributed by atoms with Gasteiger partial charge < -0.3 is 10.1 Å². The van der Waals surface area contributed by atoms with Crippen LogP contribution in [0, 0.1) is 24.0 Å². The third kappa shape index (κ3) is 4.20. The van der Waals surface area contributed by atoms with Gasteiger partial charge in [0.1, 0.15) is 5.75 Å². The van der Waals surface area contributed by atoms with Crippen molar-refractivity contribution in [2.24, 2.45) is 0 Å². The van der Waals surface area contributed by atoms with Gasteiger partial charge in [0.2, 0.25) is 0 Å². The van der Waals surface area contributed by atoms with E-state index in [9.17, 15) is 14.9 Å². The number of anilines is 1. The second-order valence-electron chi connectivity index (χ2n) is 4.95. The molecule has 0 bridgehead atoms. The van der Waals surface area contributed by atoms with Crippen LogP contribution in [0.4, 0.5) is 11.4 Å². The maximum absolute atomic E-state index is 11.9. The number of ether oxygens (including phenoxy) is 1. The quantitative estimate of drug-likeness (QED) is 0.664. The zero-order chi connectivity index (χ0) is 17.0. The molecule has 0 aliphatic rings. The molecule has 0 spiro atoms. The van der Waals surface area contributed by atoms with Crippen LogP contribution in [0.15, 0.2) is 36.4 Å². The van der Waals surface area contributed by atoms with E-state index >= 15 is 0 Å². The van der Waals surface area contributed by atoms with E-state index in [0.29, 0.717) is 22.0 Å². The summed E-state index contributed by atoms with van der Waals surface area (Å²) in [6.45, 7) is 3.21. The first kappa shape index (κ1) is 16.8. The van der Waals surface area contributed by atoms with Crippen LogP contribution in [0.1, 0.15) is 11.1 Å². The number of nitro groups is 1. The molecule has 1 amide bonds. The SMILES string of the molecule is Cc1cc(OCC(=O)Nc2cccc(Cl)c2C)ccc1[N+](=O)[O-]. The average Bonchev–Trinajstić information content (AvgIpc) is 2.49. The molecule has 23 heavy (non-hydrogen) atoms. The molecule has 2 aromatic rings. The van der Waals surface area contributed by atoms with E-state index < -0.39 is 4.92 Å². The molecule has 2 aromatic carbocycles. The highest BCUT2D eigenvalue weighted by Crippen LogP contribution is 2.24. The summed E-state index contributed by atoms with van der Waals surface area (Å²) in [6, 6.07) is 9.56. The molecule has 0 aliphatic heterocycles. The predicted molar refractivity (Wildman–Crippen MR) is 88.1 cm³/mol. The highest BCUT2D eigenvalue weighted by molar-refractivity contribution is 6.31. The van der Waals surface area contributed by atoms with E-state index in [0.717, 1.165) is 5.56 Å². The fourth-order valence-corrected chi connectivity index (χ4v) is 2.18. The number of nitro benzene ring substituents is 1. The van der Waals surface area contributed by atoms with Crippen molar-refractivity contribution in [2.45, 2.75) is 13.8 Å². The summed E-state index contributed by atoms with van der Waals surface area (Å²) in [7, 11) is 0. The van der Waals surface area contributed by atoms with Crippen molar-refractivity contribution in [3.63, 3.8) is 0 Å². The largest absolute Gasteiger partial charge is 0.484 e. The number of amides is 1. The molecular formula is C16H15ClN2O4. The first-order valence-corrected chi connectivity index (χ1v) is 7.19. The van der Waals surface area contributed by atoms with Gasteiger partial charge in [-0.1, -0.05) is 17.7 Å². The number of halogens is 1. The minimum absolute atomic E-state index is 0.0105. The molecule has 0 aromatic heterocycles. The molecule has 0 radical (unpaired) electrons. The van der Waals surface area contributed by atoms with Gasteiger partial charge in [-0.25, -0.2) is 0 Å². The van der Waals surface area contributed by atoms with E-state index in [1.54, 1.807) is 32.0 Å². The van der Waals surface area contributed by atoms with E-state index in [4.69, 9.17) is 16.3 Å². The lowest BCUT2D eigenvalue weighted by atomic mass is 10.2. The second kappa shape index (κ2) is 7.11. The molecule has 0 unspecified atom stereocenters. The highest BCUT2D eigenvalue weighted by Gasteiger charge is 2.12.